The van der Waals surface area contributed by atoms with Gasteiger partial charge in [-0.2, -0.15) is 0 Å². The second-order valence-electron chi connectivity index (χ2n) is 5.48. The second kappa shape index (κ2) is 6.13. The highest BCUT2D eigenvalue weighted by Crippen LogP contribution is 2.30. The Labute approximate surface area is 146 Å². The average Bonchev–Trinajstić information content (AvgIpc) is 2.79. The van der Waals surface area contributed by atoms with Crippen LogP contribution in [0.15, 0.2) is 46.9 Å². The molecule has 0 aliphatic rings. The van der Waals surface area contributed by atoms with Crippen molar-refractivity contribution in [1.29, 1.82) is 0 Å². The van der Waals surface area contributed by atoms with Gasteiger partial charge in [0.1, 0.15) is 5.75 Å². The minimum atomic E-state index is -0.989. The number of hydrogen-bond acceptors (Lipinski definition) is 3. The van der Waals surface area contributed by atoms with Gasteiger partial charge in [-0.15, -0.1) is 0 Å². The molecule has 0 atom stereocenters. The lowest BCUT2D eigenvalue weighted by atomic mass is 10.1. The molecule has 0 amide bonds. The maximum atomic E-state index is 12.9. The summed E-state index contributed by atoms with van der Waals surface area (Å²) in [7, 11) is 0. The van der Waals surface area contributed by atoms with Gasteiger partial charge in [-0.05, 0) is 55.0 Å². The van der Waals surface area contributed by atoms with Gasteiger partial charge in [0.25, 0.3) is 5.91 Å². The molecule has 122 valence electrons. The van der Waals surface area contributed by atoms with Crippen LogP contribution in [-0.2, 0) is 11.2 Å². The van der Waals surface area contributed by atoms with Crippen LogP contribution in [0.4, 0.5) is 0 Å². The van der Waals surface area contributed by atoms with Crippen LogP contribution in [0.3, 0.4) is 0 Å². The number of carboxylic acid groups (broad SMARTS) is 1. The Balaban J connectivity index is 2.24. The molecule has 0 aliphatic heterocycles. The molecular weight excluding hydrogens is 374 g/mol. The van der Waals surface area contributed by atoms with E-state index in [1.165, 1.54) is 16.7 Å². The molecule has 0 fully saturated rings. The molecule has 0 saturated carbocycles. The molecule has 1 aromatic heterocycles. The largest absolute Gasteiger partial charge is 0.508 e. The van der Waals surface area contributed by atoms with E-state index >= 15 is 0 Å². The van der Waals surface area contributed by atoms with E-state index in [9.17, 15) is 14.7 Å². The number of aromatic hydroxyl groups is 1. The Bertz CT molecular complexity index is 957. The monoisotopic (exact) mass is 387 g/mol. The van der Waals surface area contributed by atoms with Gasteiger partial charge < -0.3 is 10.2 Å². The number of aromatic nitrogens is 1. The predicted molar refractivity (Wildman–Crippen MR) is 93.6 cm³/mol. The number of phenols is 1. The maximum absolute atomic E-state index is 12.9. The van der Waals surface area contributed by atoms with E-state index in [1.807, 2.05) is 0 Å². The van der Waals surface area contributed by atoms with Crippen LogP contribution >= 0.6 is 15.9 Å². The molecule has 24 heavy (non-hydrogen) atoms. The molecule has 0 unspecified atom stereocenters. The summed E-state index contributed by atoms with van der Waals surface area (Å²) in [6, 6.07) is 11.6. The Morgan fingerprint density at radius 2 is 1.79 bits per heavy atom. The van der Waals surface area contributed by atoms with Gasteiger partial charge in [-0.1, -0.05) is 15.9 Å². The number of phenolic OH excluding ortho intramolecular Hbond substituents is 1. The Kier molecular flexibility index (Phi) is 4.15. The number of carboxylic acids is 1. The number of carbonyl (C=O) groups excluding carboxylic acids is 1. The van der Waals surface area contributed by atoms with Crippen molar-refractivity contribution in [2.75, 3.05) is 0 Å². The topological polar surface area (TPSA) is 79.5 Å². The van der Waals surface area contributed by atoms with Gasteiger partial charge >= 0.3 is 5.97 Å². The fraction of sp³-hybridized carbons (Fsp3) is 0.111. The molecule has 2 aromatic carbocycles. The van der Waals surface area contributed by atoms with E-state index in [2.05, 4.69) is 15.9 Å². The molecule has 5 nitrogen and oxygen atoms in total. The molecule has 1 heterocycles. The third-order valence-electron chi connectivity index (χ3n) is 3.94. The molecule has 0 bridgehead atoms. The fourth-order valence-corrected chi connectivity index (χ4v) is 3.09. The molecule has 6 heteroatoms. The van der Waals surface area contributed by atoms with E-state index in [1.54, 1.807) is 37.3 Å². The smallest absolute Gasteiger partial charge is 0.307 e. The van der Waals surface area contributed by atoms with Crippen molar-refractivity contribution in [2.24, 2.45) is 0 Å². The highest BCUT2D eigenvalue weighted by atomic mass is 79.9. The number of benzene rings is 2. The number of carbonyl (C=O) groups is 2. The van der Waals surface area contributed by atoms with Crippen LogP contribution in [0.2, 0.25) is 0 Å². The van der Waals surface area contributed by atoms with E-state index in [0.29, 0.717) is 27.7 Å². The summed E-state index contributed by atoms with van der Waals surface area (Å²) in [4.78, 5) is 24.1. The fourth-order valence-electron chi connectivity index (χ4n) is 2.83. The molecule has 3 aromatic rings. The molecule has 2 N–H and O–H groups in total. The van der Waals surface area contributed by atoms with Crippen molar-refractivity contribution >= 4 is 38.7 Å². The van der Waals surface area contributed by atoms with Crippen molar-refractivity contribution in [3.63, 3.8) is 0 Å². The summed E-state index contributed by atoms with van der Waals surface area (Å²) >= 11 is 3.33. The Morgan fingerprint density at radius 1 is 1.12 bits per heavy atom. The molecule has 0 saturated heterocycles. The zero-order valence-corrected chi connectivity index (χ0v) is 14.4. The number of rotatable bonds is 3. The van der Waals surface area contributed by atoms with Crippen LogP contribution in [0.25, 0.3) is 10.9 Å². The summed E-state index contributed by atoms with van der Waals surface area (Å²) in [6.07, 6.45) is -0.216. The highest BCUT2D eigenvalue weighted by Gasteiger charge is 2.21. The number of fused-ring (bicyclic) bond motifs is 1. The van der Waals surface area contributed by atoms with E-state index in [4.69, 9.17) is 5.11 Å². The number of halogens is 1. The maximum Gasteiger partial charge on any atom is 0.307 e. The summed E-state index contributed by atoms with van der Waals surface area (Å²) in [6.45, 7) is 1.71. The molecule has 3 rings (SSSR count). The zero-order valence-electron chi connectivity index (χ0n) is 12.8. The quantitative estimate of drug-likeness (QED) is 0.717. The summed E-state index contributed by atoms with van der Waals surface area (Å²) in [5, 5.41) is 19.5. The van der Waals surface area contributed by atoms with Crippen LogP contribution < -0.4 is 0 Å². The van der Waals surface area contributed by atoms with Crippen molar-refractivity contribution in [3.05, 3.63) is 63.8 Å². The predicted octanol–water partition coefficient (Wildman–Crippen LogP) is 3.73. The van der Waals surface area contributed by atoms with Gasteiger partial charge in [-0.3, -0.25) is 14.2 Å². The molecular formula is C18H14BrNO4. The van der Waals surface area contributed by atoms with Crippen molar-refractivity contribution in [3.8, 4) is 5.75 Å². The minimum Gasteiger partial charge on any atom is -0.508 e. The number of aliphatic carboxylic acids is 1. The second-order valence-corrected chi connectivity index (χ2v) is 6.40. The number of hydrogen-bond donors (Lipinski definition) is 2. The Morgan fingerprint density at radius 3 is 2.42 bits per heavy atom. The van der Waals surface area contributed by atoms with Gasteiger partial charge in [0.2, 0.25) is 0 Å². The first-order valence-electron chi connectivity index (χ1n) is 7.23. The third kappa shape index (κ3) is 2.80. The van der Waals surface area contributed by atoms with E-state index in [-0.39, 0.29) is 18.1 Å². The SMILES string of the molecule is Cc1c(CC(=O)O)c2cc(O)ccc2n1C(=O)c1ccc(Br)cc1. The molecule has 0 radical (unpaired) electrons. The standard InChI is InChI=1S/C18H14BrNO4/c1-10-14(9-17(22)23)15-8-13(21)6-7-16(15)20(10)18(24)11-2-4-12(19)5-3-11/h2-8,21H,9H2,1H3,(H,22,23). The molecule has 0 spiro atoms. The first kappa shape index (κ1) is 16.3. The van der Waals surface area contributed by atoms with Crippen LogP contribution in [0.1, 0.15) is 21.6 Å². The van der Waals surface area contributed by atoms with Crippen molar-refractivity contribution < 1.29 is 19.8 Å². The zero-order chi connectivity index (χ0) is 17.4. The first-order chi connectivity index (χ1) is 11.4. The van der Waals surface area contributed by atoms with Gasteiger partial charge in [0.05, 0.1) is 11.9 Å². The normalized spacial score (nSPS) is 10.9. The number of nitrogens with zero attached hydrogens (tertiary/aromatic N) is 1. The van der Waals surface area contributed by atoms with Gasteiger partial charge in [0, 0.05) is 21.1 Å². The highest BCUT2D eigenvalue weighted by molar-refractivity contribution is 9.10. The van der Waals surface area contributed by atoms with Gasteiger partial charge in [-0.25, -0.2) is 0 Å². The lowest BCUT2D eigenvalue weighted by molar-refractivity contribution is -0.136. The van der Waals surface area contributed by atoms with E-state index < -0.39 is 5.97 Å². The van der Waals surface area contributed by atoms with Crippen molar-refractivity contribution in [2.45, 2.75) is 13.3 Å². The van der Waals surface area contributed by atoms with Crippen LogP contribution in [0.5, 0.6) is 5.75 Å². The van der Waals surface area contributed by atoms with Gasteiger partial charge in [0.15, 0.2) is 0 Å². The molecule has 0 aliphatic carbocycles. The summed E-state index contributed by atoms with van der Waals surface area (Å²) in [5.74, 6) is -1.20. The first-order valence-corrected chi connectivity index (χ1v) is 8.02. The van der Waals surface area contributed by atoms with Crippen molar-refractivity contribution in [1.82, 2.24) is 4.57 Å². The Hall–Kier alpha value is -2.60. The minimum absolute atomic E-state index is 0.0300. The lowest BCUT2D eigenvalue weighted by Gasteiger charge is -2.07. The summed E-state index contributed by atoms with van der Waals surface area (Å²) < 4.78 is 2.36. The lowest BCUT2D eigenvalue weighted by Crippen LogP contribution is -2.14. The third-order valence-corrected chi connectivity index (χ3v) is 4.47. The summed E-state index contributed by atoms with van der Waals surface area (Å²) in [5.41, 5.74) is 2.16. The van der Waals surface area contributed by atoms with E-state index in [0.717, 1.165) is 4.47 Å². The van der Waals surface area contributed by atoms with Crippen LogP contribution in [-0.4, -0.2) is 26.7 Å². The average molecular weight is 388 g/mol. The van der Waals surface area contributed by atoms with Crippen LogP contribution in [0, 0.1) is 6.92 Å².